The number of hydrogen-bond donors (Lipinski definition) is 2. The molecule has 6 rings (SSSR count). The summed E-state index contributed by atoms with van der Waals surface area (Å²) in [5.41, 5.74) is -1.13. The van der Waals surface area contributed by atoms with Crippen LogP contribution >= 0.6 is 31.9 Å². The quantitative estimate of drug-likeness (QED) is 0.363. The normalized spacial score (nSPS) is 33.0. The van der Waals surface area contributed by atoms with Crippen LogP contribution < -0.4 is 10.6 Å². The molecule has 0 aromatic heterocycles. The number of hydrogen-bond acceptors (Lipinski definition) is 8. The molecule has 0 spiro atoms. The van der Waals surface area contributed by atoms with Gasteiger partial charge in [0.15, 0.2) is 5.54 Å². The summed E-state index contributed by atoms with van der Waals surface area (Å²) in [6, 6.07) is 22.4. The van der Waals surface area contributed by atoms with Gasteiger partial charge in [-0.2, -0.15) is 0 Å². The molecule has 8 nitrogen and oxygen atoms in total. The van der Waals surface area contributed by atoms with E-state index in [4.69, 9.17) is 9.47 Å². The molecular weight excluding hydrogens is 680 g/mol. The van der Waals surface area contributed by atoms with Crippen LogP contribution in [0.25, 0.3) is 0 Å². The van der Waals surface area contributed by atoms with Gasteiger partial charge in [0.05, 0.1) is 32.0 Å². The first-order valence-electron chi connectivity index (χ1n) is 13.9. The van der Waals surface area contributed by atoms with Gasteiger partial charge in [-0.05, 0) is 47.9 Å². The van der Waals surface area contributed by atoms with Crippen molar-refractivity contribution < 1.29 is 28.7 Å². The van der Waals surface area contributed by atoms with Gasteiger partial charge < -0.3 is 9.47 Å². The monoisotopic (exact) mass is 708 g/mol. The van der Waals surface area contributed by atoms with E-state index >= 15 is 4.79 Å². The minimum Gasteiger partial charge on any atom is -0.468 e. The Bertz CT molecular complexity index is 1600. The lowest BCUT2D eigenvalue weighted by Gasteiger charge is -2.42. The second kappa shape index (κ2) is 11.1. The van der Waals surface area contributed by atoms with Crippen LogP contribution in [0.1, 0.15) is 35.7 Å². The highest BCUT2D eigenvalue weighted by atomic mass is 79.9. The molecule has 2 saturated heterocycles. The Hall–Kier alpha value is -3.18. The van der Waals surface area contributed by atoms with Crippen LogP contribution in [0.4, 0.5) is 0 Å². The van der Waals surface area contributed by atoms with E-state index in [1.54, 1.807) is 31.2 Å². The van der Waals surface area contributed by atoms with E-state index in [1.165, 1.54) is 14.2 Å². The Labute approximate surface area is 266 Å². The molecule has 0 amide bonds. The van der Waals surface area contributed by atoms with E-state index in [2.05, 4.69) is 42.5 Å². The smallest absolute Gasteiger partial charge is 0.331 e. The molecule has 1 aliphatic carbocycles. The van der Waals surface area contributed by atoms with Gasteiger partial charge in [0.2, 0.25) is 0 Å². The van der Waals surface area contributed by atoms with E-state index in [9.17, 15) is 14.4 Å². The summed E-state index contributed by atoms with van der Waals surface area (Å²) in [5.74, 6) is -5.91. The van der Waals surface area contributed by atoms with Crippen molar-refractivity contribution in [3.8, 4) is 0 Å². The zero-order valence-electron chi connectivity index (χ0n) is 23.7. The average molecular weight is 710 g/mol. The third-order valence-electron chi connectivity index (χ3n) is 9.44. The lowest BCUT2D eigenvalue weighted by molar-refractivity contribution is -0.161. The number of carbonyl (C=O) groups is 4. The maximum atomic E-state index is 15.1. The summed E-state index contributed by atoms with van der Waals surface area (Å²) in [7, 11) is 2.55. The number of ether oxygens (including phenoxy) is 2. The van der Waals surface area contributed by atoms with Gasteiger partial charge in [-0.25, -0.2) is 4.79 Å². The maximum Gasteiger partial charge on any atom is 0.331 e. The second-order valence-electron chi connectivity index (χ2n) is 11.5. The van der Waals surface area contributed by atoms with Crippen molar-refractivity contribution in [2.75, 3.05) is 14.2 Å². The highest BCUT2D eigenvalue weighted by molar-refractivity contribution is 9.10. The fourth-order valence-corrected chi connectivity index (χ4v) is 8.14. The van der Waals surface area contributed by atoms with Crippen LogP contribution in [0, 0.1) is 23.7 Å². The predicted molar refractivity (Wildman–Crippen MR) is 165 cm³/mol. The molecule has 0 unspecified atom stereocenters. The molecule has 3 aromatic carbocycles. The molecule has 222 valence electrons. The Morgan fingerprint density at radius 3 is 1.65 bits per heavy atom. The van der Waals surface area contributed by atoms with Gasteiger partial charge in [0.1, 0.15) is 17.1 Å². The zero-order valence-corrected chi connectivity index (χ0v) is 26.8. The van der Waals surface area contributed by atoms with E-state index in [1.807, 2.05) is 54.6 Å². The van der Waals surface area contributed by atoms with Gasteiger partial charge in [-0.15, -0.1) is 0 Å². The summed E-state index contributed by atoms with van der Waals surface area (Å²) in [6.45, 7) is 1.63. The molecule has 3 fully saturated rings. The molecular formula is C33H30Br2N2O6. The number of rotatable bonds is 5. The lowest BCUT2D eigenvalue weighted by Crippen LogP contribution is -2.60. The third-order valence-corrected chi connectivity index (χ3v) is 10.5. The number of halogens is 2. The number of nitrogens with one attached hydrogen (secondary N) is 2. The molecule has 0 radical (unpaired) electrons. The number of benzene rings is 3. The van der Waals surface area contributed by atoms with Gasteiger partial charge in [0.25, 0.3) is 0 Å². The molecule has 3 aromatic rings. The van der Waals surface area contributed by atoms with Crippen molar-refractivity contribution in [1.29, 1.82) is 0 Å². The van der Waals surface area contributed by atoms with Gasteiger partial charge in [-0.3, -0.25) is 25.0 Å². The summed E-state index contributed by atoms with van der Waals surface area (Å²) in [6.07, 6.45) is 0. The van der Waals surface area contributed by atoms with E-state index < -0.39 is 58.8 Å². The van der Waals surface area contributed by atoms with Crippen molar-refractivity contribution in [2.24, 2.45) is 23.7 Å². The predicted octanol–water partition coefficient (Wildman–Crippen LogP) is 4.82. The number of Topliss-reactive ketones (excluding diaryl/α,β-unsaturated/α-hetero) is 2. The number of esters is 2. The SMILES string of the molecule is COC(=O)[C@]1(C)N[C@H](c2ccc(Br)cc2)[C@@H]2C(=O)[C@@H]3[C@H](C(=O)[C@@H]21)[C@H](c1ccc(Br)cc1)N[C@@]3(C(=O)OC)c1ccccc1. The first-order chi connectivity index (χ1) is 20.6. The fraction of sp³-hybridized carbons (Fsp3) is 0.333. The van der Waals surface area contributed by atoms with E-state index in [-0.39, 0.29) is 11.6 Å². The molecule has 3 aliphatic rings. The molecule has 43 heavy (non-hydrogen) atoms. The minimum atomic E-state index is -1.65. The molecule has 2 aliphatic heterocycles. The van der Waals surface area contributed by atoms with Gasteiger partial charge in [0, 0.05) is 26.9 Å². The molecule has 2 heterocycles. The zero-order chi connectivity index (χ0) is 30.7. The van der Waals surface area contributed by atoms with Gasteiger partial charge >= 0.3 is 11.9 Å². The average Bonchev–Trinajstić information content (AvgIpc) is 3.56. The Morgan fingerprint density at radius 2 is 1.14 bits per heavy atom. The highest BCUT2D eigenvalue weighted by Crippen LogP contribution is 2.59. The van der Waals surface area contributed by atoms with Crippen molar-refractivity contribution in [2.45, 2.75) is 30.1 Å². The number of methoxy groups -OCH3 is 2. The Kier molecular flexibility index (Phi) is 7.69. The first-order valence-corrected chi connectivity index (χ1v) is 15.5. The number of ketones is 2. The van der Waals surface area contributed by atoms with Crippen molar-refractivity contribution in [1.82, 2.24) is 10.6 Å². The largest absolute Gasteiger partial charge is 0.468 e. The third kappa shape index (κ3) is 4.44. The van der Waals surface area contributed by atoms with Crippen LogP contribution in [0.15, 0.2) is 87.8 Å². The maximum absolute atomic E-state index is 15.1. The highest BCUT2D eigenvalue weighted by Gasteiger charge is 2.74. The second-order valence-corrected chi connectivity index (χ2v) is 13.3. The van der Waals surface area contributed by atoms with Gasteiger partial charge in [-0.1, -0.05) is 86.5 Å². The Balaban J connectivity index is 1.60. The Morgan fingerprint density at radius 1 is 0.674 bits per heavy atom. The number of carbonyl (C=O) groups excluding carboxylic acids is 4. The van der Waals surface area contributed by atoms with Crippen molar-refractivity contribution in [3.05, 3.63) is 104 Å². The molecule has 10 heteroatoms. The van der Waals surface area contributed by atoms with Crippen LogP contribution in [-0.2, 0) is 34.2 Å². The first kappa shape index (κ1) is 29.9. The molecule has 8 atom stereocenters. The molecule has 0 bridgehead atoms. The van der Waals surface area contributed by atoms with Crippen LogP contribution in [0.5, 0.6) is 0 Å². The lowest BCUT2D eigenvalue weighted by atomic mass is 9.57. The summed E-state index contributed by atoms with van der Waals surface area (Å²) in [5, 5.41) is 6.80. The molecule has 2 N–H and O–H groups in total. The van der Waals surface area contributed by atoms with Crippen molar-refractivity contribution in [3.63, 3.8) is 0 Å². The topological polar surface area (TPSA) is 111 Å². The summed E-state index contributed by atoms with van der Waals surface area (Å²) in [4.78, 5) is 57.5. The molecule has 1 saturated carbocycles. The minimum absolute atomic E-state index is 0.281. The van der Waals surface area contributed by atoms with Crippen LogP contribution in [-0.4, -0.2) is 43.3 Å². The van der Waals surface area contributed by atoms with E-state index in [0.29, 0.717) is 5.56 Å². The van der Waals surface area contributed by atoms with Crippen molar-refractivity contribution >= 4 is 55.4 Å². The van der Waals surface area contributed by atoms with Crippen LogP contribution in [0.2, 0.25) is 0 Å². The number of fused-ring (bicyclic) bond motifs is 2. The summed E-state index contributed by atoms with van der Waals surface area (Å²) >= 11 is 6.93. The van der Waals surface area contributed by atoms with Crippen LogP contribution in [0.3, 0.4) is 0 Å². The standard InChI is InChI=1S/C33H30Br2N2O6/c1-32(30(40)42-2)24-22(26(36-32)17-9-13-20(34)14-10-17)29(39)25-23(28(24)38)27(18-11-15-21(35)16-12-18)37-33(25,31(41)43-3)19-7-5-4-6-8-19/h4-16,22-27,36-37H,1-3H3/t22-,23+,24-,25+,26-,27+,32-,33+/m1/s1. The summed E-state index contributed by atoms with van der Waals surface area (Å²) < 4.78 is 12.3. The fourth-order valence-electron chi connectivity index (χ4n) is 7.61. The van der Waals surface area contributed by atoms with E-state index in [0.717, 1.165) is 20.1 Å².